The number of pyridine rings is 1. The molecule has 0 spiro atoms. The molecule has 10 nitrogen and oxygen atoms in total. The van der Waals surface area contributed by atoms with Gasteiger partial charge in [0.25, 0.3) is 11.5 Å². The number of nitrogens with zero attached hydrogens (tertiary/aromatic N) is 4. The van der Waals surface area contributed by atoms with E-state index in [0.29, 0.717) is 27.1 Å². The molecule has 1 aromatic carbocycles. The third-order valence-electron chi connectivity index (χ3n) is 5.42. The summed E-state index contributed by atoms with van der Waals surface area (Å²) in [6, 6.07) is 4.10. The number of alkyl halides is 3. The molecule has 4 aromatic rings. The summed E-state index contributed by atoms with van der Waals surface area (Å²) >= 11 is 0.997. The van der Waals surface area contributed by atoms with Gasteiger partial charge < -0.3 is 20.6 Å². The number of rotatable bonds is 3. The fourth-order valence-electron chi connectivity index (χ4n) is 3.77. The van der Waals surface area contributed by atoms with Gasteiger partial charge in [-0.1, -0.05) is 0 Å². The molecule has 182 valence electrons. The zero-order valence-electron chi connectivity index (χ0n) is 17.3. The van der Waals surface area contributed by atoms with Gasteiger partial charge in [-0.3, -0.25) is 14.5 Å². The van der Waals surface area contributed by atoms with Gasteiger partial charge >= 0.3 is 6.18 Å². The summed E-state index contributed by atoms with van der Waals surface area (Å²) in [5, 5.41) is 11.5. The number of amides is 1. The maximum absolute atomic E-state index is 14.3. The van der Waals surface area contributed by atoms with Crippen LogP contribution in [0.4, 0.5) is 29.2 Å². The molecule has 0 aliphatic carbocycles. The van der Waals surface area contributed by atoms with Crippen LogP contribution in [0.15, 0.2) is 29.1 Å². The van der Waals surface area contributed by atoms with E-state index in [2.05, 4.69) is 19.3 Å². The largest absolute Gasteiger partial charge is 0.433 e. The highest BCUT2D eigenvalue weighted by Gasteiger charge is 2.41. The number of morpholine rings is 1. The predicted molar refractivity (Wildman–Crippen MR) is 116 cm³/mol. The summed E-state index contributed by atoms with van der Waals surface area (Å²) in [4.78, 5) is 36.3. The number of fused-ring (bicyclic) bond motifs is 3. The zero-order chi connectivity index (χ0) is 25.1. The number of H-pyrrole nitrogens is 1. The number of aliphatic hydroxyl groups is 1. The molecule has 0 radical (unpaired) electrons. The molecule has 5 rings (SSSR count). The van der Waals surface area contributed by atoms with Crippen molar-refractivity contribution in [1.29, 1.82) is 0 Å². The Bertz CT molecular complexity index is 1540. The Hall–Kier alpha value is -3.69. The number of carbonyl (C=O) groups is 1. The van der Waals surface area contributed by atoms with E-state index >= 15 is 0 Å². The highest BCUT2D eigenvalue weighted by Crippen LogP contribution is 2.33. The number of ether oxygens (including phenoxy) is 1. The molecule has 1 fully saturated rings. The number of aliphatic hydroxyl groups excluding tert-OH is 1. The molecule has 2 atom stereocenters. The minimum absolute atomic E-state index is 0.181. The van der Waals surface area contributed by atoms with Gasteiger partial charge in [-0.15, -0.1) is 0 Å². The lowest BCUT2D eigenvalue weighted by molar-refractivity contribution is -0.144. The molecule has 0 saturated carbocycles. The molecule has 0 bridgehead atoms. The average Bonchev–Trinajstić information content (AvgIpc) is 3.19. The van der Waals surface area contributed by atoms with E-state index in [9.17, 15) is 32.3 Å². The van der Waals surface area contributed by atoms with E-state index in [1.807, 2.05) is 0 Å². The molecule has 1 amide bonds. The summed E-state index contributed by atoms with van der Waals surface area (Å²) in [5.74, 6) is -3.14. The zero-order valence-corrected chi connectivity index (χ0v) is 18.2. The van der Waals surface area contributed by atoms with Gasteiger partial charge in [-0.05, 0) is 35.8 Å². The number of anilines is 2. The molecule has 4 heterocycles. The first kappa shape index (κ1) is 23.1. The molecule has 3 aromatic heterocycles. The Balaban J connectivity index is 1.50. The van der Waals surface area contributed by atoms with Crippen LogP contribution in [-0.4, -0.2) is 49.6 Å². The molecule has 4 N–H and O–H groups in total. The number of carbonyl (C=O) groups excluding carboxylic acids is 1. The van der Waals surface area contributed by atoms with Crippen molar-refractivity contribution >= 4 is 50.1 Å². The van der Waals surface area contributed by atoms with Crippen molar-refractivity contribution in [3.05, 3.63) is 52.0 Å². The predicted octanol–water partition coefficient (Wildman–Crippen LogP) is 2.13. The number of aromatic amines is 1. The minimum Gasteiger partial charge on any atom is -0.382 e. The first-order valence-corrected chi connectivity index (χ1v) is 10.8. The summed E-state index contributed by atoms with van der Waals surface area (Å²) < 4.78 is 63.3. The second kappa shape index (κ2) is 8.21. The third kappa shape index (κ3) is 3.86. The summed E-state index contributed by atoms with van der Waals surface area (Å²) in [6.45, 7) is -0.552. The topological polar surface area (TPSA) is 147 Å². The number of halogens is 4. The lowest BCUT2D eigenvalue weighted by Crippen LogP contribution is -2.51. The molecular weight excluding hydrogens is 496 g/mol. The number of hydrogen-bond donors (Lipinski definition) is 3. The van der Waals surface area contributed by atoms with Crippen LogP contribution < -0.4 is 16.2 Å². The Morgan fingerprint density at radius 2 is 2.00 bits per heavy atom. The van der Waals surface area contributed by atoms with Crippen LogP contribution >= 0.6 is 11.5 Å². The number of hydrogen-bond acceptors (Lipinski definition) is 9. The molecule has 1 saturated heterocycles. The second-order valence-corrected chi connectivity index (χ2v) is 8.35. The van der Waals surface area contributed by atoms with E-state index in [1.165, 1.54) is 6.07 Å². The SMILES string of the molecule is Nc1nsc2c1ccc1nc([C@H](O)[C@H]3OCCN(c4nc(C(F)(F)F)ccc4F)C3=O)[nH]c(=O)c12. The van der Waals surface area contributed by atoms with Crippen molar-refractivity contribution in [3.63, 3.8) is 0 Å². The van der Waals surface area contributed by atoms with Crippen molar-refractivity contribution in [1.82, 2.24) is 19.3 Å². The highest BCUT2D eigenvalue weighted by atomic mass is 32.1. The van der Waals surface area contributed by atoms with E-state index in [4.69, 9.17) is 10.5 Å². The average molecular weight is 510 g/mol. The van der Waals surface area contributed by atoms with Gasteiger partial charge in [0.05, 0.1) is 28.8 Å². The highest BCUT2D eigenvalue weighted by molar-refractivity contribution is 7.14. The first-order valence-electron chi connectivity index (χ1n) is 9.99. The standard InChI is InChI=1S/C20H14F4N6O4S/c21-8-2-4-10(20(22,23)24)27-17(8)30-5-6-34-13(19(30)33)12(31)16-26-9-3-1-7-14(35-29-15(7)25)11(9)18(32)28-16/h1-4,12-13,31H,5-6H2,(H2,25,29)(H,26,28,32)/t12-,13-/m1/s1. The number of nitrogens with two attached hydrogens (primary N) is 1. The molecule has 1 aliphatic heterocycles. The number of aromatic nitrogens is 4. The van der Waals surface area contributed by atoms with Crippen LogP contribution in [0.2, 0.25) is 0 Å². The molecular formula is C20H14F4N6O4S. The number of nitrogens with one attached hydrogen (secondary N) is 1. The monoisotopic (exact) mass is 510 g/mol. The Morgan fingerprint density at radius 3 is 2.74 bits per heavy atom. The minimum atomic E-state index is -4.86. The summed E-state index contributed by atoms with van der Waals surface area (Å²) in [6.07, 6.45) is -8.37. The Kier molecular flexibility index (Phi) is 5.41. The van der Waals surface area contributed by atoms with Crippen LogP contribution in [0, 0.1) is 5.82 Å². The maximum Gasteiger partial charge on any atom is 0.433 e. The van der Waals surface area contributed by atoms with Gasteiger partial charge in [0.1, 0.15) is 23.4 Å². The third-order valence-corrected chi connectivity index (χ3v) is 6.31. The lowest BCUT2D eigenvalue weighted by Gasteiger charge is -2.33. The summed E-state index contributed by atoms with van der Waals surface area (Å²) in [7, 11) is 0. The quantitative estimate of drug-likeness (QED) is 0.355. The second-order valence-electron chi connectivity index (χ2n) is 7.58. The van der Waals surface area contributed by atoms with Crippen molar-refractivity contribution in [2.45, 2.75) is 18.4 Å². The van der Waals surface area contributed by atoms with Gasteiger partial charge in [0.15, 0.2) is 17.7 Å². The van der Waals surface area contributed by atoms with E-state index in [-0.39, 0.29) is 35.7 Å². The molecule has 0 unspecified atom stereocenters. The molecule has 15 heteroatoms. The van der Waals surface area contributed by atoms with Gasteiger partial charge in [0, 0.05) is 5.39 Å². The van der Waals surface area contributed by atoms with Crippen LogP contribution in [-0.2, 0) is 15.7 Å². The van der Waals surface area contributed by atoms with Crippen LogP contribution in [0.5, 0.6) is 0 Å². The maximum atomic E-state index is 14.3. The first-order chi connectivity index (χ1) is 16.6. The van der Waals surface area contributed by atoms with Crippen LogP contribution in [0.3, 0.4) is 0 Å². The number of benzene rings is 1. The van der Waals surface area contributed by atoms with Gasteiger partial charge in [0.2, 0.25) is 0 Å². The van der Waals surface area contributed by atoms with E-state index in [1.54, 1.807) is 6.07 Å². The fraction of sp³-hybridized carbons (Fsp3) is 0.250. The van der Waals surface area contributed by atoms with Crippen LogP contribution in [0.1, 0.15) is 17.6 Å². The van der Waals surface area contributed by atoms with Gasteiger partial charge in [-0.2, -0.15) is 17.5 Å². The van der Waals surface area contributed by atoms with E-state index in [0.717, 1.165) is 11.5 Å². The molecule has 1 aliphatic rings. The fourth-order valence-corrected chi connectivity index (χ4v) is 4.61. The lowest BCUT2D eigenvalue weighted by atomic mass is 10.1. The van der Waals surface area contributed by atoms with Crippen molar-refractivity contribution in [2.75, 3.05) is 23.8 Å². The Labute approximate surface area is 196 Å². The van der Waals surface area contributed by atoms with E-state index < -0.39 is 47.2 Å². The normalized spacial score (nSPS) is 17.9. The summed E-state index contributed by atoms with van der Waals surface area (Å²) in [5.41, 5.74) is 3.95. The smallest absolute Gasteiger partial charge is 0.382 e. The van der Waals surface area contributed by atoms with Crippen molar-refractivity contribution in [2.24, 2.45) is 0 Å². The Morgan fingerprint density at radius 1 is 1.23 bits per heavy atom. The van der Waals surface area contributed by atoms with Crippen molar-refractivity contribution in [3.8, 4) is 0 Å². The van der Waals surface area contributed by atoms with Gasteiger partial charge in [-0.25, -0.2) is 14.4 Å². The van der Waals surface area contributed by atoms with Crippen molar-refractivity contribution < 1.29 is 32.2 Å². The van der Waals surface area contributed by atoms with Crippen LogP contribution in [0.25, 0.3) is 21.0 Å². The molecule has 35 heavy (non-hydrogen) atoms. The number of nitrogen functional groups attached to an aromatic ring is 1.